The third-order valence-corrected chi connectivity index (χ3v) is 2.07. The van der Waals surface area contributed by atoms with Gasteiger partial charge in [0.2, 0.25) is 5.95 Å². The lowest BCUT2D eigenvalue weighted by Crippen LogP contribution is -2.26. The van der Waals surface area contributed by atoms with Crippen molar-refractivity contribution >= 4 is 5.95 Å². The molecule has 0 aliphatic heterocycles. The van der Waals surface area contributed by atoms with Gasteiger partial charge < -0.3 is 10.6 Å². The molecule has 1 heterocycles. The molecule has 4 nitrogen and oxygen atoms in total. The zero-order valence-corrected chi connectivity index (χ0v) is 8.90. The third-order valence-electron chi connectivity index (χ3n) is 2.07. The molecule has 0 saturated heterocycles. The molecular formula is C10H18N4. The van der Waals surface area contributed by atoms with Gasteiger partial charge in [-0.15, -0.1) is 0 Å². The highest BCUT2D eigenvalue weighted by Crippen LogP contribution is 2.07. The van der Waals surface area contributed by atoms with Gasteiger partial charge in [0.1, 0.15) is 0 Å². The molecule has 0 fully saturated rings. The number of aromatic nitrogens is 2. The predicted octanol–water partition coefficient (Wildman–Crippen LogP) is 1.17. The highest BCUT2D eigenvalue weighted by atomic mass is 15.2. The topological polar surface area (TPSA) is 55.0 Å². The van der Waals surface area contributed by atoms with Crippen LogP contribution in [0.5, 0.6) is 0 Å². The SMILES string of the molecule is CCCN(CC)c1nccc(CN)n1. The molecule has 0 spiro atoms. The van der Waals surface area contributed by atoms with Gasteiger partial charge in [-0.25, -0.2) is 9.97 Å². The van der Waals surface area contributed by atoms with Crippen molar-refractivity contribution in [3.8, 4) is 0 Å². The van der Waals surface area contributed by atoms with Crippen molar-refractivity contribution in [3.63, 3.8) is 0 Å². The lowest BCUT2D eigenvalue weighted by molar-refractivity contribution is 0.755. The van der Waals surface area contributed by atoms with Crippen LogP contribution in [0.15, 0.2) is 12.3 Å². The quantitative estimate of drug-likeness (QED) is 0.764. The molecule has 0 bridgehead atoms. The number of hydrogen-bond donors (Lipinski definition) is 1. The van der Waals surface area contributed by atoms with E-state index in [1.54, 1.807) is 6.20 Å². The summed E-state index contributed by atoms with van der Waals surface area (Å²) in [5.41, 5.74) is 6.42. The lowest BCUT2D eigenvalue weighted by atomic mass is 10.4. The first kappa shape index (κ1) is 10.9. The van der Waals surface area contributed by atoms with Crippen LogP contribution in [0.4, 0.5) is 5.95 Å². The van der Waals surface area contributed by atoms with E-state index in [9.17, 15) is 0 Å². The zero-order chi connectivity index (χ0) is 10.4. The van der Waals surface area contributed by atoms with E-state index in [1.165, 1.54) is 0 Å². The summed E-state index contributed by atoms with van der Waals surface area (Å²) in [6.45, 7) is 6.65. The fraction of sp³-hybridized carbons (Fsp3) is 0.600. The number of rotatable bonds is 5. The standard InChI is InChI=1S/C10H18N4/c1-3-7-14(4-2)10-12-6-5-9(8-11)13-10/h5-6H,3-4,7-8,11H2,1-2H3. The molecule has 1 rings (SSSR count). The van der Waals surface area contributed by atoms with Crippen LogP contribution >= 0.6 is 0 Å². The van der Waals surface area contributed by atoms with Gasteiger partial charge in [0.15, 0.2) is 0 Å². The van der Waals surface area contributed by atoms with Crippen LogP contribution in [0, 0.1) is 0 Å². The summed E-state index contributed by atoms with van der Waals surface area (Å²) in [7, 11) is 0. The van der Waals surface area contributed by atoms with Gasteiger partial charge in [0.25, 0.3) is 0 Å². The van der Waals surface area contributed by atoms with Crippen LogP contribution in [0.25, 0.3) is 0 Å². The molecule has 0 aromatic carbocycles. The van der Waals surface area contributed by atoms with E-state index in [-0.39, 0.29) is 0 Å². The van der Waals surface area contributed by atoms with Gasteiger partial charge in [0.05, 0.1) is 5.69 Å². The highest BCUT2D eigenvalue weighted by molar-refractivity contribution is 5.29. The summed E-state index contributed by atoms with van der Waals surface area (Å²) in [5, 5.41) is 0. The molecule has 0 aliphatic rings. The normalized spacial score (nSPS) is 10.2. The smallest absolute Gasteiger partial charge is 0.225 e. The number of nitrogens with two attached hydrogens (primary N) is 1. The molecule has 2 N–H and O–H groups in total. The average molecular weight is 194 g/mol. The van der Waals surface area contributed by atoms with Crippen LogP contribution in [-0.2, 0) is 6.54 Å². The van der Waals surface area contributed by atoms with E-state index in [0.717, 1.165) is 31.2 Å². The van der Waals surface area contributed by atoms with Gasteiger partial charge in [-0.2, -0.15) is 0 Å². The molecule has 78 valence electrons. The van der Waals surface area contributed by atoms with Gasteiger partial charge in [-0.05, 0) is 19.4 Å². The van der Waals surface area contributed by atoms with E-state index in [2.05, 4.69) is 28.7 Å². The Morgan fingerprint density at radius 3 is 2.79 bits per heavy atom. The summed E-state index contributed by atoms with van der Waals surface area (Å²) in [6.07, 6.45) is 2.87. The second-order valence-corrected chi connectivity index (χ2v) is 3.13. The molecule has 4 heteroatoms. The van der Waals surface area contributed by atoms with Crippen molar-refractivity contribution in [3.05, 3.63) is 18.0 Å². The Morgan fingerprint density at radius 1 is 1.43 bits per heavy atom. The first-order valence-corrected chi connectivity index (χ1v) is 5.08. The van der Waals surface area contributed by atoms with E-state index in [1.807, 2.05) is 6.07 Å². The van der Waals surface area contributed by atoms with Crippen molar-refractivity contribution in [2.24, 2.45) is 5.73 Å². The fourth-order valence-electron chi connectivity index (χ4n) is 1.32. The maximum Gasteiger partial charge on any atom is 0.225 e. The average Bonchev–Trinajstić information content (AvgIpc) is 2.26. The number of hydrogen-bond acceptors (Lipinski definition) is 4. The molecule has 0 atom stereocenters. The Kier molecular flexibility index (Phi) is 4.32. The summed E-state index contributed by atoms with van der Waals surface area (Å²) in [5.74, 6) is 0.789. The minimum atomic E-state index is 0.471. The lowest BCUT2D eigenvalue weighted by Gasteiger charge is -2.19. The van der Waals surface area contributed by atoms with Crippen molar-refractivity contribution < 1.29 is 0 Å². The summed E-state index contributed by atoms with van der Waals surface area (Å²) in [4.78, 5) is 10.8. The van der Waals surface area contributed by atoms with E-state index >= 15 is 0 Å². The van der Waals surface area contributed by atoms with Crippen LogP contribution < -0.4 is 10.6 Å². The molecule has 0 saturated carbocycles. The Bertz CT molecular complexity index is 275. The molecule has 0 amide bonds. The minimum Gasteiger partial charge on any atom is -0.341 e. The monoisotopic (exact) mass is 194 g/mol. The number of anilines is 1. The summed E-state index contributed by atoms with van der Waals surface area (Å²) >= 11 is 0. The van der Waals surface area contributed by atoms with Crippen molar-refractivity contribution in [2.45, 2.75) is 26.8 Å². The summed E-state index contributed by atoms with van der Waals surface area (Å²) < 4.78 is 0. The fourth-order valence-corrected chi connectivity index (χ4v) is 1.32. The van der Waals surface area contributed by atoms with E-state index < -0.39 is 0 Å². The van der Waals surface area contributed by atoms with Gasteiger partial charge >= 0.3 is 0 Å². The van der Waals surface area contributed by atoms with Crippen molar-refractivity contribution in [1.29, 1.82) is 0 Å². The first-order chi connectivity index (χ1) is 6.81. The third kappa shape index (κ3) is 2.67. The van der Waals surface area contributed by atoms with E-state index in [4.69, 9.17) is 5.73 Å². The minimum absolute atomic E-state index is 0.471. The van der Waals surface area contributed by atoms with Gasteiger partial charge in [-0.1, -0.05) is 6.92 Å². The largest absolute Gasteiger partial charge is 0.341 e. The molecule has 0 radical (unpaired) electrons. The first-order valence-electron chi connectivity index (χ1n) is 5.08. The van der Waals surface area contributed by atoms with Gasteiger partial charge in [-0.3, -0.25) is 0 Å². The molecular weight excluding hydrogens is 176 g/mol. The Morgan fingerprint density at radius 2 is 2.21 bits per heavy atom. The molecule has 1 aromatic rings. The zero-order valence-electron chi connectivity index (χ0n) is 8.90. The molecule has 0 aliphatic carbocycles. The Balaban J connectivity index is 2.80. The van der Waals surface area contributed by atoms with Crippen molar-refractivity contribution in [1.82, 2.24) is 9.97 Å². The maximum atomic E-state index is 5.53. The maximum absolute atomic E-state index is 5.53. The Hall–Kier alpha value is -1.16. The second kappa shape index (κ2) is 5.54. The molecule has 14 heavy (non-hydrogen) atoms. The molecule has 0 unspecified atom stereocenters. The number of nitrogens with zero attached hydrogens (tertiary/aromatic N) is 3. The van der Waals surface area contributed by atoms with E-state index in [0.29, 0.717) is 6.54 Å². The predicted molar refractivity (Wildman–Crippen MR) is 58.1 cm³/mol. The van der Waals surface area contributed by atoms with Crippen molar-refractivity contribution in [2.75, 3.05) is 18.0 Å². The van der Waals surface area contributed by atoms with Crippen LogP contribution in [0.3, 0.4) is 0 Å². The molecule has 1 aromatic heterocycles. The second-order valence-electron chi connectivity index (χ2n) is 3.13. The van der Waals surface area contributed by atoms with Crippen LogP contribution in [-0.4, -0.2) is 23.1 Å². The Labute approximate surface area is 85.2 Å². The summed E-state index contributed by atoms with van der Waals surface area (Å²) in [6, 6.07) is 1.85. The van der Waals surface area contributed by atoms with Crippen LogP contribution in [0.1, 0.15) is 26.0 Å². The van der Waals surface area contributed by atoms with Gasteiger partial charge in [0, 0.05) is 25.8 Å². The highest BCUT2D eigenvalue weighted by Gasteiger charge is 2.05. The van der Waals surface area contributed by atoms with Crippen LogP contribution in [0.2, 0.25) is 0 Å².